The second-order valence-electron chi connectivity index (χ2n) is 8.10. The molecule has 0 spiro atoms. The minimum absolute atomic E-state index is 0.143. The number of carbonyl (C=O) groups is 1. The molecule has 34 heavy (non-hydrogen) atoms. The van der Waals surface area contributed by atoms with Crippen LogP contribution in [0.3, 0.4) is 0 Å². The van der Waals surface area contributed by atoms with Gasteiger partial charge in [0.15, 0.2) is 5.69 Å². The fourth-order valence-corrected chi connectivity index (χ4v) is 3.89. The van der Waals surface area contributed by atoms with Gasteiger partial charge in [-0.15, -0.1) is 0 Å². The number of aryl methyl sites for hydroxylation is 1. The third kappa shape index (κ3) is 6.04. The molecular weight excluding hydrogens is 490 g/mol. The number of nitrogens with zero attached hydrogens (tertiary/aromatic N) is 2. The molecule has 0 saturated heterocycles. The van der Waals surface area contributed by atoms with E-state index in [0.29, 0.717) is 46.6 Å². The third-order valence-corrected chi connectivity index (χ3v) is 6.23. The van der Waals surface area contributed by atoms with Gasteiger partial charge in [0.25, 0.3) is 5.91 Å². The van der Waals surface area contributed by atoms with E-state index in [2.05, 4.69) is 10.4 Å². The molecule has 5 nitrogen and oxygen atoms in total. The summed E-state index contributed by atoms with van der Waals surface area (Å²) in [5, 5.41) is 7.25. The van der Waals surface area contributed by atoms with E-state index in [9.17, 15) is 18.0 Å². The number of hydrogen-bond donors (Lipinski definition) is 1. The molecule has 10 heteroatoms. The second-order valence-corrected chi connectivity index (χ2v) is 8.89. The van der Waals surface area contributed by atoms with Gasteiger partial charge < -0.3 is 10.1 Å². The molecule has 1 fully saturated rings. The summed E-state index contributed by atoms with van der Waals surface area (Å²) < 4.78 is 46.2. The molecule has 1 aliphatic rings. The van der Waals surface area contributed by atoms with E-state index in [-0.39, 0.29) is 18.4 Å². The largest absolute Gasteiger partial charge is 0.487 e. The number of alkyl halides is 3. The molecule has 1 amide bonds. The van der Waals surface area contributed by atoms with Crippen molar-refractivity contribution in [3.05, 3.63) is 81.1 Å². The van der Waals surface area contributed by atoms with Gasteiger partial charge in [0.1, 0.15) is 17.4 Å². The van der Waals surface area contributed by atoms with Crippen molar-refractivity contribution in [2.75, 3.05) is 6.54 Å². The summed E-state index contributed by atoms with van der Waals surface area (Å²) in [6.45, 7) is 0.811. The Morgan fingerprint density at radius 1 is 1.15 bits per heavy atom. The minimum Gasteiger partial charge on any atom is -0.487 e. The van der Waals surface area contributed by atoms with Crippen LogP contribution in [-0.4, -0.2) is 22.2 Å². The van der Waals surface area contributed by atoms with E-state index in [1.54, 1.807) is 36.4 Å². The standard InChI is InChI=1S/C24H22Cl2F3N3O2/c25-18-6-2-7-20(22(18)26)34-14-15-4-1-5-17(12-15)23(33)30-10-3-11-32-19(16-8-9-16)13-21(31-32)24(27,28)29/h1-2,4-7,12-13,16H,3,8-11,14H2,(H,30,33). The lowest BCUT2D eigenvalue weighted by atomic mass is 10.1. The van der Waals surface area contributed by atoms with Crippen molar-refractivity contribution in [1.82, 2.24) is 15.1 Å². The molecular formula is C24H22Cl2F3N3O2. The highest BCUT2D eigenvalue weighted by Crippen LogP contribution is 2.42. The van der Waals surface area contributed by atoms with Gasteiger partial charge in [0.05, 0.1) is 5.02 Å². The Bertz CT molecular complexity index is 1180. The maximum Gasteiger partial charge on any atom is 0.435 e. The van der Waals surface area contributed by atoms with E-state index in [4.69, 9.17) is 27.9 Å². The number of aromatic nitrogens is 2. The van der Waals surface area contributed by atoms with Crippen molar-refractivity contribution in [2.45, 2.75) is 44.5 Å². The van der Waals surface area contributed by atoms with Crippen LogP contribution in [0.2, 0.25) is 10.0 Å². The molecule has 0 bridgehead atoms. The summed E-state index contributed by atoms with van der Waals surface area (Å²) >= 11 is 12.1. The fourth-order valence-electron chi connectivity index (χ4n) is 3.55. The molecule has 0 radical (unpaired) electrons. The van der Waals surface area contributed by atoms with Gasteiger partial charge in [0.2, 0.25) is 0 Å². The molecule has 1 heterocycles. The van der Waals surface area contributed by atoms with Gasteiger partial charge in [-0.1, -0.05) is 41.4 Å². The Morgan fingerprint density at radius 2 is 1.91 bits per heavy atom. The second kappa shape index (κ2) is 10.3. The maximum absolute atomic E-state index is 13.0. The van der Waals surface area contributed by atoms with Crippen molar-refractivity contribution in [3.8, 4) is 5.75 Å². The van der Waals surface area contributed by atoms with Gasteiger partial charge in [0, 0.05) is 30.3 Å². The summed E-state index contributed by atoms with van der Waals surface area (Å²) in [4.78, 5) is 12.5. The van der Waals surface area contributed by atoms with Crippen molar-refractivity contribution >= 4 is 29.1 Å². The summed E-state index contributed by atoms with van der Waals surface area (Å²) in [5.74, 6) is 0.313. The average molecular weight is 512 g/mol. The van der Waals surface area contributed by atoms with Crippen LogP contribution in [-0.2, 0) is 19.3 Å². The monoisotopic (exact) mass is 511 g/mol. The topological polar surface area (TPSA) is 56.2 Å². The molecule has 1 aliphatic carbocycles. The molecule has 0 unspecified atom stereocenters. The molecule has 1 saturated carbocycles. The van der Waals surface area contributed by atoms with E-state index in [0.717, 1.165) is 24.5 Å². The smallest absolute Gasteiger partial charge is 0.435 e. The van der Waals surface area contributed by atoms with E-state index >= 15 is 0 Å². The number of benzene rings is 2. The van der Waals surface area contributed by atoms with Crippen LogP contribution in [0.5, 0.6) is 5.75 Å². The number of ether oxygens (including phenoxy) is 1. The lowest BCUT2D eigenvalue weighted by Crippen LogP contribution is -2.25. The Labute approximate surface area is 204 Å². The predicted octanol–water partition coefficient (Wildman–Crippen LogP) is 6.49. The number of hydrogen-bond acceptors (Lipinski definition) is 3. The van der Waals surface area contributed by atoms with Crippen LogP contribution in [0.1, 0.15) is 52.5 Å². The summed E-state index contributed by atoms with van der Waals surface area (Å²) in [7, 11) is 0. The summed E-state index contributed by atoms with van der Waals surface area (Å²) in [5.41, 5.74) is 0.979. The first-order valence-corrected chi connectivity index (χ1v) is 11.6. The molecule has 3 aromatic rings. The Hall–Kier alpha value is -2.71. The van der Waals surface area contributed by atoms with E-state index in [1.165, 1.54) is 4.68 Å². The zero-order valence-electron chi connectivity index (χ0n) is 18.0. The average Bonchev–Trinajstić information content (AvgIpc) is 3.55. The lowest BCUT2D eigenvalue weighted by molar-refractivity contribution is -0.141. The van der Waals surface area contributed by atoms with Gasteiger partial charge in [-0.2, -0.15) is 18.3 Å². The number of carbonyl (C=O) groups excluding carboxylic acids is 1. The Morgan fingerprint density at radius 3 is 2.65 bits per heavy atom. The molecule has 1 N–H and O–H groups in total. The zero-order valence-corrected chi connectivity index (χ0v) is 19.6. The molecule has 0 aliphatic heterocycles. The van der Waals surface area contributed by atoms with Gasteiger partial charge in [-0.05, 0) is 55.2 Å². The minimum atomic E-state index is -4.46. The molecule has 2 aromatic carbocycles. The fraction of sp³-hybridized carbons (Fsp3) is 0.333. The highest BCUT2D eigenvalue weighted by atomic mass is 35.5. The van der Waals surface area contributed by atoms with E-state index in [1.807, 2.05) is 6.07 Å². The van der Waals surface area contributed by atoms with Gasteiger partial charge in [-0.25, -0.2) is 0 Å². The third-order valence-electron chi connectivity index (χ3n) is 5.43. The number of amides is 1. The van der Waals surface area contributed by atoms with Crippen LogP contribution >= 0.6 is 23.2 Å². The molecule has 0 atom stereocenters. The number of halogens is 5. The number of rotatable bonds is 9. The highest BCUT2D eigenvalue weighted by molar-refractivity contribution is 6.42. The van der Waals surface area contributed by atoms with Crippen LogP contribution in [0, 0.1) is 0 Å². The quantitative estimate of drug-likeness (QED) is 0.334. The molecule has 4 rings (SSSR count). The first-order chi connectivity index (χ1) is 16.2. The Kier molecular flexibility index (Phi) is 7.38. The summed E-state index contributed by atoms with van der Waals surface area (Å²) in [6, 6.07) is 13.2. The van der Waals surface area contributed by atoms with E-state index < -0.39 is 11.9 Å². The van der Waals surface area contributed by atoms with Gasteiger partial charge in [-0.3, -0.25) is 9.48 Å². The van der Waals surface area contributed by atoms with Crippen LogP contribution in [0.4, 0.5) is 13.2 Å². The van der Waals surface area contributed by atoms with Crippen molar-refractivity contribution in [3.63, 3.8) is 0 Å². The zero-order chi connectivity index (χ0) is 24.3. The first-order valence-electron chi connectivity index (χ1n) is 10.8. The maximum atomic E-state index is 13.0. The number of nitrogens with one attached hydrogen (secondary N) is 1. The van der Waals surface area contributed by atoms with Crippen molar-refractivity contribution < 1.29 is 22.7 Å². The highest BCUT2D eigenvalue weighted by Gasteiger charge is 2.37. The molecule has 180 valence electrons. The lowest BCUT2D eigenvalue weighted by Gasteiger charge is -2.11. The van der Waals surface area contributed by atoms with Crippen LogP contribution in [0.15, 0.2) is 48.5 Å². The summed E-state index contributed by atoms with van der Waals surface area (Å²) in [6.07, 6.45) is -2.25. The van der Waals surface area contributed by atoms with Gasteiger partial charge >= 0.3 is 6.18 Å². The SMILES string of the molecule is O=C(NCCCn1nc(C(F)(F)F)cc1C1CC1)c1cccc(COc2cccc(Cl)c2Cl)c1. The van der Waals surface area contributed by atoms with Crippen LogP contribution in [0.25, 0.3) is 0 Å². The molecule has 1 aromatic heterocycles. The normalized spacial score (nSPS) is 13.7. The Balaban J connectivity index is 1.29. The van der Waals surface area contributed by atoms with Crippen molar-refractivity contribution in [1.29, 1.82) is 0 Å². The van der Waals surface area contributed by atoms with Crippen LogP contribution < -0.4 is 10.1 Å². The predicted molar refractivity (Wildman–Crippen MR) is 123 cm³/mol. The van der Waals surface area contributed by atoms with Crippen molar-refractivity contribution in [2.24, 2.45) is 0 Å². The first kappa shape index (κ1) is 24.4.